The smallest absolute Gasteiger partial charge is 0.481 e. The number of methoxy groups -OCH3 is 3. The molecule has 1 aromatic heterocycles. The predicted octanol–water partition coefficient (Wildman–Crippen LogP) is 2.88. The van der Waals surface area contributed by atoms with Gasteiger partial charge in [0.25, 0.3) is 0 Å². The number of hydrogen-bond acceptors (Lipinski definition) is 10. The third-order valence-electron chi connectivity index (χ3n) is 2.82. The predicted molar refractivity (Wildman–Crippen MR) is 95.1 cm³/mol. The Balaban J connectivity index is 0.000000445. The number of aromatic nitrogens is 2. The lowest BCUT2D eigenvalue weighted by Gasteiger charge is -2.08. The van der Waals surface area contributed by atoms with E-state index in [4.69, 9.17) is 19.4 Å². The molecule has 27 heavy (non-hydrogen) atoms. The Hall–Kier alpha value is -3.56. The fourth-order valence-corrected chi connectivity index (χ4v) is 1.66. The zero-order chi connectivity index (χ0) is 20.1. The van der Waals surface area contributed by atoms with Gasteiger partial charge in [-0.1, -0.05) is 17.3 Å². The topological polar surface area (TPSA) is 122 Å². The minimum Gasteiger partial charge on any atom is -0.481 e. The highest BCUT2D eigenvalue weighted by molar-refractivity contribution is 5.83. The Morgan fingerprint density at radius 3 is 2.26 bits per heavy atom. The summed E-state index contributed by atoms with van der Waals surface area (Å²) >= 11 is 0. The lowest BCUT2D eigenvalue weighted by molar-refractivity contribution is 0.0771. The van der Waals surface area contributed by atoms with Gasteiger partial charge in [0.15, 0.2) is 0 Å². The van der Waals surface area contributed by atoms with E-state index in [1.165, 1.54) is 33.6 Å². The molecule has 0 amide bonds. The van der Waals surface area contributed by atoms with Crippen LogP contribution in [0.25, 0.3) is 0 Å². The van der Waals surface area contributed by atoms with Crippen molar-refractivity contribution in [3.8, 4) is 23.5 Å². The molecule has 0 saturated heterocycles. The maximum absolute atomic E-state index is 9.97. The van der Waals surface area contributed by atoms with Crippen LogP contribution in [0.1, 0.15) is 12.5 Å². The van der Waals surface area contributed by atoms with Gasteiger partial charge in [0.2, 0.25) is 11.8 Å². The first-order chi connectivity index (χ1) is 13.1. The lowest BCUT2D eigenvalue weighted by Crippen LogP contribution is -2.02. The highest BCUT2D eigenvalue weighted by atomic mass is 16.7. The average Bonchev–Trinajstić information content (AvgIpc) is 2.70. The Kier molecular flexibility index (Phi) is 9.47. The minimum atomic E-state index is -0.623. The molecule has 1 aromatic carbocycles. The number of oxime groups is 1. The van der Waals surface area contributed by atoms with E-state index in [0.29, 0.717) is 29.7 Å². The summed E-state index contributed by atoms with van der Waals surface area (Å²) < 4.78 is 24.1. The molecule has 0 spiro atoms. The molecule has 0 aliphatic heterocycles. The van der Waals surface area contributed by atoms with Crippen LogP contribution in [-0.2, 0) is 9.47 Å². The van der Waals surface area contributed by atoms with E-state index in [9.17, 15) is 4.79 Å². The van der Waals surface area contributed by atoms with Crippen molar-refractivity contribution in [2.75, 3.05) is 27.9 Å². The molecule has 2 aromatic rings. The fraction of sp³-hybridized carbons (Fsp3) is 0.294. The van der Waals surface area contributed by atoms with Gasteiger partial charge in [-0.15, -0.1) is 0 Å². The lowest BCUT2D eigenvalue weighted by atomic mass is 10.2. The van der Waals surface area contributed by atoms with Crippen LogP contribution in [0.4, 0.5) is 4.79 Å². The van der Waals surface area contributed by atoms with Gasteiger partial charge in [0, 0.05) is 5.56 Å². The molecule has 0 atom stereocenters. The van der Waals surface area contributed by atoms with Gasteiger partial charge in [-0.25, -0.2) is 4.79 Å². The van der Waals surface area contributed by atoms with Crippen molar-refractivity contribution >= 4 is 12.4 Å². The number of ether oxygens (including phenoxy) is 5. The first-order valence-corrected chi connectivity index (χ1v) is 7.70. The zero-order valence-corrected chi connectivity index (χ0v) is 15.4. The van der Waals surface area contributed by atoms with Crippen LogP contribution in [-0.4, -0.2) is 55.5 Å². The number of benzene rings is 1. The number of carbonyl (C=O) groups excluding carboxylic acids is 1. The third kappa shape index (κ3) is 7.46. The van der Waals surface area contributed by atoms with Gasteiger partial charge in [0.1, 0.15) is 5.75 Å². The summed E-state index contributed by atoms with van der Waals surface area (Å²) in [5.74, 6) is 1.08. The van der Waals surface area contributed by atoms with E-state index in [-0.39, 0.29) is 6.01 Å². The number of carbonyl (C=O) groups is 1. The molecule has 1 N–H and O–H groups in total. The Labute approximate surface area is 156 Å². The van der Waals surface area contributed by atoms with Crippen LogP contribution in [0, 0.1) is 0 Å². The van der Waals surface area contributed by atoms with Gasteiger partial charge in [-0.2, -0.15) is 9.97 Å². The normalized spacial score (nSPS) is 9.78. The molecule has 146 valence electrons. The fourth-order valence-electron chi connectivity index (χ4n) is 1.66. The van der Waals surface area contributed by atoms with Crippen molar-refractivity contribution in [2.45, 2.75) is 6.92 Å². The van der Waals surface area contributed by atoms with Gasteiger partial charge in [-0.05, 0) is 19.1 Å². The minimum absolute atomic E-state index is 0.0694. The number of nitrogens with zero attached hydrogens (tertiary/aromatic N) is 3. The first-order valence-electron chi connectivity index (χ1n) is 7.70. The molecule has 0 fully saturated rings. The average molecular weight is 379 g/mol. The van der Waals surface area contributed by atoms with Gasteiger partial charge >= 0.3 is 12.2 Å². The number of rotatable bonds is 6. The molecule has 0 saturated carbocycles. The summed E-state index contributed by atoms with van der Waals surface area (Å²) in [6, 6.07) is 8.60. The third-order valence-corrected chi connectivity index (χ3v) is 2.82. The van der Waals surface area contributed by atoms with Crippen LogP contribution in [0.15, 0.2) is 35.5 Å². The monoisotopic (exact) mass is 379 g/mol. The molecular formula is C17H21N3O7. The Morgan fingerprint density at radius 1 is 1.15 bits per heavy atom. The van der Waals surface area contributed by atoms with E-state index in [2.05, 4.69) is 24.6 Å². The van der Waals surface area contributed by atoms with Gasteiger partial charge < -0.3 is 28.9 Å². The van der Waals surface area contributed by atoms with E-state index in [1.807, 2.05) is 0 Å². The van der Waals surface area contributed by atoms with Crippen molar-refractivity contribution in [3.05, 3.63) is 35.9 Å². The van der Waals surface area contributed by atoms with E-state index in [1.54, 1.807) is 31.2 Å². The largest absolute Gasteiger partial charge is 0.507 e. The van der Waals surface area contributed by atoms with E-state index < -0.39 is 6.16 Å². The standard InChI is InChI=1S/C13H13N3O4.C4H8O3/c1-18-11-7-12(19-2)16-13(15-11)20-10-6-4-3-5-9(10)8-14-17;1-3-7-4(5)6-2/h3-8,17H,1-2H3;3H2,1-2H3/b14-8-;. The van der Waals surface area contributed by atoms with Crippen LogP contribution >= 0.6 is 0 Å². The molecule has 0 bridgehead atoms. The number of hydrogen-bond donors (Lipinski definition) is 1. The summed E-state index contributed by atoms with van der Waals surface area (Å²) in [5, 5.41) is 11.6. The maximum atomic E-state index is 9.97. The van der Waals surface area contributed by atoms with Gasteiger partial charge in [0.05, 0.1) is 40.2 Å². The maximum Gasteiger partial charge on any atom is 0.507 e. The molecule has 0 aliphatic carbocycles. The van der Waals surface area contributed by atoms with Crippen LogP contribution in [0.3, 0.4) is 0 Å². The van der Waals surface area contributed by atoms with E-state index >= 15 is 0 Å². The van der Waals surface area contributed by atoms with Crippen molar-refractivity contribution < 1.29 is 33.7 Å². The summed E-state index contributed by atoms with van der Waals surface area (Å²) in [6.07, 6.45) is 0.634. The molecule has 1 heterocycles. The van der Waals surface area contributed by atoms with Crippen molar-refractivity contribution in [1.82, 2.24) is 9.97 Å². The van der Waals surface area contributed by atoms with Crippen molar-refractivity contribution in [3.63, 3.8) is 0 Å². The Bertz CT molecular complexity index is 731. The first kappa shape index (κ1) is 21.5. The highest BCUT2D eigenvalue weighted by Gasteiger charge is 2.09. The molecule has 0 unspecified atom stereocenters. The summed E-state index contributed by atoms with van der Waals surface area (Å²) in [4.78, 5) is 18.1. The second kappa shape index (κ2) is 11.9. The molecule has 0 radical (unpaired) electrons. The summed E-state index contributed by atoms with van der Waals surface area (Å²) in [6.45, 7) is 2.09. The molecule has 10 nitrogen and oxygen atoms in total. The second-order valence-electron chi connectivity index (χ2n) is 4.51. The number of para-hydroxylation sites is 1. The second-order valence-corrected chi connectivity index (χ2v) is 4.51. The van der Waals surface area contributed by atoms with Gasteiger partial charge in [-0.3, -0.25) is 0 Å². The molecule has 0 aliphatic rings. The van der Waals surface area contributed by atoms with Crippen LogP contribution in [0.2, 0.25) is 0 Å². The van der Waals surface area contributed by atoms with E-state index in [0.717, 1.165) is 0 Å². The van der Waals surface area contributed by atoms with Crippen LogP contribution in [0.5, 0.6) is 23.5 Å². The highest BCUT2D eigenvalue weighted by Crippen LogP contribution is 2.25. The van der Waals surface area contributed by atoms with Crippen molar-refractivity contribution in [1.29, 1.82) is 0 Å². The molecular weight excluding hydrogens is 358 g/mol. The SMILES string of the molecule is CCOC(=O)OC.COc1cc(OC)nc(Oc2ccccc2/C=N\O)n1. The zero-order valence-electron chi connectivity index (χ0n) is 15.4. The molecule has 10 heteroatoms. The van der Waals surface area contributed by atoms with Crippen LogP contribution < -0.4 is 14.2 Å². The Morgan fingerprint density at radius 2 is 1.78 bits per heavy atom. The quantitative estimate of drug-likeness (QED) is 0.349. The summed E-state index contributed by atoms with van der Waals surface area (Å²) in [7, 11) is 4.24. The summed E-state index contributed by atoms with van der Waals surface area (Å²) in [5.41, 5.74) is 0.584. The molecule has 2 rings (SSSR count). The van der Waals surface area contributed by atoms with Crippen molar-refractivity contribution in [2.24, 2.45) is 5.16 Å².